The maximum atomic E-state index is 12.1. The molecule has 1 saturated heterocycles. The van der Waals surface area contributed by atoms with Crippen molar-refractivity contribution in [2.24, 2.45) is 0 Å². The molecular weight excluding hydrogens is 255 g/mol. The molecule has 5 heteroatoms. The van der Waals surface area contributed by atoms with Gasteiger partial charge >= 0.3 is 0 Å². The average molecular weight is 273 g/mol. The number of nitrogens with one attached hydrogen (secondary N) is 1. The zero-order valence-electron chi connectivity index (χ0n) is 10.5. The number of nitrogens with zero attached hydrogens (tertiary/aromatic N) is 1. The molecule has 1 aromatic rings. The fourth-order valence-corrected chi connectivity index (χ4v) is 2.29. The molecule has 2 rings (SSSR count). The van der Waals surface area contributed by atoms with E-state index in [0.29, 0.717) is 16.8 Å². The van der Waals surface area contributed by atoms with E-state index in [2.05, 4.69) is 17.1 Å². The number of rotatable bonds is 4. The highest BCUT2D eigenvalue weighted by atomic mass is 35.5. The average Bonchev–Trinajstić information content (AvgIpc) is 2.38. The van der Waals surface area contributed by atoms with Crippen molar-refractivity contribution in [2.75, 3.05) is 37.8 Å². The van der Waals surface area contributed by atoms with Gasteiger partial charge in [0.2, 0.25) is 0 Å². The van der Waals surface area contributed by atoms with Gasteiger partial charge in [-0.25, -0.2) is 4.39 Å². The molecule has 1 aliphatic heterocycles. The number of alkyl halides is 1. The molecule has 1 atom stereocenters. The number of halogens is 2. The molecule has 0 aromatic heterocycles. The number of hydrogen-bond donors (Lipinski definition) is 1. The predicted molar refractivity (Wildman–Crippen MR) is 72.6 cm³/mol. The second kappa shape index (κ2) is 6.25. The summed E-state index contributed by atoms with van der Waals surface area (Å²) in [6.45, 7) is 4.55. The molecule has 100 valence electrons. The van der Waals surface area contributed by atoms with Gasteiger partial charge in [-0.15, -0.1) is 0 Å². The van der Waals surface area contributed by atoms with Crippen LogP contribution in [0.3, 0.4) is 0 Å². The van der Waals surface area contributed by atoms with Crippen molar-refractivity contribution in [2.45, 2.75) is 13.0 Å². The lowest BCUT2D eigenvalue weighted by Crippen LogP contribution is -2.49. The van der Waals surface area contributed by atoms with Crippen LogP contribution in [0.5, 0.6) is 5.75 Å². The van der Waals surface area contributed by atoms with E-state index in [9.17, 15) is 4.39 Å². The Morgan fingerprint density at radius 2 is 2.39 bits per heavy atom. The van der Waals surface area contributed by atoms with E-state index in [1.807, 2.05) is 12.1 Å². The zero-order valence-corrected chi connectivity index (χ0v) is 11.2. The third kappa shape index (κ3) is 3.27. The highest BCUT2D eigenvalue weighted by molar-refractivity contribution is 6.32. The second-order valence-corrected chi connectivity index (χ2v) is 4.86. The van der Waals surface area contributed by atoms with E-state index in [1.165, 1.54) is 0 Å². The Bertz CT molecular complexity index is 403. The Hall–Kier alpha value is -1.00. The van der Waals surface area contributed by atoms with Gasteiger partial charge in [0.25, 0.3) is 0 Å². The molecule has 0 aliphatic carbocycles. The van der Waals surface area contributed by atoms with Crippen LogP contribution in [0.1, 0.15) is 6.92 Å². The van der Waals surface area contributed by atoms with Crippen LogP contribution >= 0.6 is 11.6 Å². The first-order valence-corrected chi connectivity index (χ1v) is 6.55. The van der Waals surface area contributed by atoms with E-state index in [0.717, 1.165) is 25.3 Å². The van der Waals surface area contributed by atoms with E-state index < -0.39 is 6.67 Å². The molecule has 1 aromatic carbocycles. The highest BCUT2D eigenvalue weighted by Crippen LogP contribution is 2.30. The van der Waals surface area contributed by atoms with Crippen molar-refractivity contribution >= 4 is 17.3 Å². The Kier molecular flexibility index (Phi) is 4.66. The SMILES string of the molecule is CC1CN(c2ccc(Cl)c(OCCF)c2)CCN1. The van der Waals surface area contributed by atoms with Crippen LogP contribution in [0, 0.1) is 0 Å². The smallest absolute Gasteiger partial charge is 0.140 e. The minimum atomic E-state index is -0.509. The van der Waals surface area contributed by atoms with Gasteiger partial charge in [0.15, 0.2) is 0 Å². The predicted octanol–water partition coefficient (Wildman–Crippen LogP) is 2.49. The lowest BCUT2D eigenvalue weighted by atomic mass is 10.2. The van der Waals surface area contributed by atoms with Crippen molar-refractivity contribution < 1.29 is 9.13 Å². The molecule has 1 N–H and O–H groups in total. The highest BCUT2D eigenvalue weighted by Gasteiger charge is 2.17. The van der Waals surface area contributed by atoms with Gasteiger partial charge in [-0.2, -0.15) is 0 Å². The molecule has 0 amide bonds. The number of ether oxygens (including phenoxy) is 1. The van der Waals surface area contributed by atoms with Crippen LogP contribution in [-0.2, 0) is 0 Å². The molecule has 0 radical (unpaired) electrons. The molecule has 3 nitrogen and oxygen atoms in total. The Balaban J connectivity index is 2.12. The summed E-state index contributed by atoms with van der Waals surface area (Å²) in [5.41, 5.74) is 1.07. The largest absolute Gasteiger partial charge is 0.489 e. The summed E-state index contributed by atoms with van der Waals surface area (Å²) in [4.78, 5) is 2.28. The van der Waals surface area contributed by atoms with Crippen LogP contribution in [0.25, 0.3) is 0 Å². The van der Waals surface area contributed by atoms with Gasteiger partial charge in [0.1, 0.15) is 19.0 Å². The fraction of sp³-hybridized carbons (Fsp3) is 0.538. The minimum Gasteiger partial charge on any atom is -0.489 e. The summed E-state index contributed by atoms with van der Waals surface area (Å²) < 4.78 is 17.4. The normalized spacial score (nSPS) is 19.9. The molecule has 1 unspecified atom stereocenters. The molecule has 0 bridgehead atoms. The number of piperazine rings is 1. The Morgan fingerprint density at radius 1 is 1.56 bits per heavy atom. The molecule has 1 fully saturated rings. The van der Waals surface area contributed by atoms with E-state index in [4.69, 9.17) is 16.3 Å². The first-order chi connectivity index (χ1) is 8.70. The molecule has 1 aliphatic rings. The van der Waals surface area contributed by atoms with Gasteiger partial charge in [0, 0.05) is 37.4 Å². The molecule has 18 heavy (non-hydrogen) atoms. The van der Waals surface area contributed by atoms with Crippen molar-refractivity contribution in [3.8, 4) is 5.75 Å². The lowest BCUT2D eigenvalue weighted by Gasteiger charge is -2.33. The summed E-state index contributed by atoms with van der Waals surface area (Å²) in [6.07, 6.45) is 0. The summed E-state index contributed by atoms with van der Waals surface area (Å²) in [7, 11) is 0. The summed E-state index contributed by atoms with van der Waals surface area (Å²) in [6, 6.07) is 6.13. The van der Waals surface area contributed by atoms with Gasteiger partial charge < -0.3 is 15.0 Å². The van der Waals surface area contributed by atoms with Crippen molar-refractivity contribution in [1.82, 2.24) is 5.32 Å². The fourth-order valence-electron chi connectivity index (χ4n) is 2.11. The summed E-state index contributed by atoms with van der Waals surface area (Å²) in [5.74, 6) is 0.554. The van der Waals surface area contributed by atoms with E-state index in [1.54, 1.807) is 6.07 Å². The third-order valence-electron chi connectivity index (χ3n) is 2.98. The van der Waals surface area contributed by atoms with Gasteiger partial charge in [-0.1, -0.05) is 11.6 Å². The maximum Gasteiger partial charge on any atom is 0.140 e. The van der Waals surface area contributed by atoms with Crippen LogP contribution in [0.15, 0.2) is 18.2 Å². The van der Waals surface area contributed by atoms with E-state index in [-0.39, 0.29) is 6.61 Å². The second-order valence-electron chi connectivity index (χ2n) is 4.45. The standard InChI is InChI=1S/C13H18ClFN2O/c1-10-9-17(6-5-16-10)11-2-3-12(14)13(8-11)18-7-4-15/h2-3,8,10,16H,4-7,9H2,1H3. The monoisotopic (exact) mass is 272 g/mol. The van der Waals surface area contributed by atoms with Crippen LogP contribution in [-0.4, -0.2) is 39.0 Å². The van der Waals surface area contributed by atoms with Crippen LogP contribution in [0.4, 0.5) is 10.1 Å². The van der Waals surface area contributed by atoms with Gasteiger partial charge in [-0.05, 0) is 19.1 Å². The van der Waals surface area contributed by atoms with Crippen molar-refractivity contribution in [1.29, 1.82) is 0 Å². The van der Waals surface area contributed by atoms with Crippen molar-refractivity contribution in [3.05, 3.63) is 23.2 Å². The third-order valence-corrected chi connectivity index (χ3v) is 3.30. The van der Waals surface area contributed by atoms with E-state index >= 15 is 0 Å². The molecular formula is C13H18ClFN2O. The quantitative estimate of drug-likeness (QED) is 0.911. The first-order valence-electron chi connectivity index (χ1n) is 6.17. The zero-order chi connectivity index (χ0) is 13.0. The first kappa shape index (κ1) is 13.4. The minimum absolute atomic E-state index is 0.0428. The number of anilines is 1. The van der Waals surface area contributed by atoms with Gasteiger partial charge in [0.05, 0.1) is 5.02 Å². The van der Waals surface area contributed by atoms with Gasteiger partial charge in [-0.3, -0.25) is 0 Å². The lowest BCUT2D eigenvalue weighted by molar-refractivity contribution is 0.273. The van der Waals surface area contributed by atoms with Crippen LogP contribution in [0.2, 0.25) is 5.02 Å². The topological polar surface area (TPSA) is 24.5 Å². The van der Waals surface area contributed by atoms with Crippen LogP contribution < -0.4 is 15.0 Å². The Labute approximate surface area is 112 Å². The number of benzene rings is 1. The summed E-state index contributed by atoms with van der Waals surface area (Å²) in [5, 5.41) is 3.92. The summed E-state index contributed by atoms with van der Waals surface area (Å²) >= 11 is 6.02. The maximum absolute atomic E-state index is 12.1. The molecule has 1 heterocycles. The number of hydrogen-bond acceptors (Lipinski definition) is 3. The molecule has 0 spiro atoms. The van der Waals surface area contributed by atoms with Crippen molar-refractivity contribution in [3.63, 3.8) is 0 Å². The Morgan fingerprint density at radius 3 is 3.11 bits per heavy atom. The molecule has 0 saturated carbocycles.